The van der Waals surface area contributed by atoms with E-state index in [1.807, 2.05) is 12.1 Å². The fraction of sp³-hybridized carbons (Fsp3) is 0.364. The average molecular weight is 162 g/mol. The maximum absolute atomic E-state index is 10.2. The predicted molar refractivity (Wildman–Crippen MR) is 50.2 cm³/mol. The van der Waals surface area contributed by atoms with E-state index in [1.54, 1.807) is 0 Å². The lowest BCUT2D eigenvalue weighted by molar-refractivity contribution is -0.107. The van der Waals surface area contributed by atoms with Gasteiger partial charge in [-0.15, -0.1) is 0 Å². The van der Waals surface area contributed by atoms with Crippen LogP contribution in [0.2, 0.25) is 0 Å². The maximum atomic E-state index is 10.2. The summed E-state index contributed by atoms with van der Waals surface area (Å²) in [5, 5.41) is 0. The predicted octanol–water partition coefficient (Wildman–Crippen LogP) is 2.38. The Balaban J connectivity index is 2.74. The van der Waals surface area contributed by atoms with Crippen molar-refractivity contribution >= 4 is 6.29 Å². The van der Waals surface area contributed by atoms with Gasteiger partial charge in [-0.25, -0.2) is 0 Å². The van der Waals surface area contributed by atoms with Crippen LogP contribution < -0.4 is 0 Å². The molecule has 0 unspecified atom stereocenters. The van der Waals surface area contributed by atoms with Crippen molar-refractivity contribution in [2.24, 2.45) is 0 Å². The Labute approximate surface area is 73.4 Å². The third-order valence-corrected chi connectivity index (χ3v) is 2.03. The van der Waals surface area contributed by atoms with Gasteiger partial charge in [-0.2, -0.15) is 0 Å². The third-order valence-electron chi connectivity index (χ3n) is 2.03. The number of hydrogen-bond donors (Lipinski definition) is 0. The van der Waals surface area contributed by atoms with Crippen molar-refractivity contribution in [3.8, 4) is 0 Å². The minimum atomic E-state index is 0.636. The number of benzene rings is 1. The molecule has 0 fully saturated rings. The molecule has 0 atom stereocenters. The van der Waals surface area contributed by atoms with Gasteiger partial charge in [0.05, 0.1) is 0 Å². The molecule has 64 valence electrons. The molecule has 1 heteroatoms. The highest BCUT2D eigenvalue weighted by Gasteiger charge is 1.97. The number of carbonyl (C=O) groups excluding carboxylic acids is 1. The number of hydrogen-bond acceptors (Lipinski definition) is 1. The van der Waals surface area contributed by atoms with Gasteiger partial charge in [-0.05, 0) is 24.0 Å². The molecule has 0 saturated heterocycles. The molecule has 0 aliphatic rings. The zero-order valence-electron chi connectivity index (χ0n) is 7.42. The van der Waals surface area contributed by atoms with Crippen molar-refractivity contribution in [2.45, 2.75) is 26.2 Å². The molecule has 0 amide bonds. The van der Waals surface area contributed by atoms with E-state index in [-0.39, 0.29) is 0 Å². The van der Waals surface area contributed by atoms with E-state index in [0.29, 0.717) is 6.42 Å². The van der Waals surface area contributed by atoms with Crippen LogP contribution in [0.25, 0.3) is 0 Å². The van der Waals surface area contributed by atoms with Gasteiger partial charge in [0.15, 0.2) is 0 Å². The average Bonchev–Trinajstić information content (AvgIpc) is 2.15. The van der Waals surface area contributed by atoms with E-state index in [2.05, 4.69) is 19.1 Å². The second kappa shape index (κ2) is 4.70. The van der Waals surface area contributed by atoms with Gasteiger partial charge in [0.1, 0.15) is 6.29 Å². The van der Waals surface area contributed by atoms with Crippen LogP contribution in [0, 0.1) is 0 Å². The number of aryl methyl sites for hydroxylation is 2. The van der Waals surface area contributed by atoms with E-state index in [4.69, 9.17) is 0 Å². The molecule has 0 saturated carbocycles. The lowest BCUT2D eigenvalue weighted by atomic mass is 10.0. The van der Waals surface area contributed by atoms with Gasteiger partial charge in [0.25, 0.3) is 0 Å². The summed E-state index contributed by atoms with van der Waals surface area (Å²) in [6.45, 7) is 2.14. The summed E-state index contributed by atoms with van der Waals surface area (Å²) >= 11 is 0. The molecule has 1 aromatic carbocycles. The molecule has 0 spiro atoms. The highest BCUT2D eigenvalue weighted by atomic mass is 16.1. The molecule has 0 N–H and O–H groups in total. The van der Waals surface area contributed by atoms with Crippen molar-refractivity contribution in [1.82, 2.24) is 0 Å². The van der Waals surface area contributed by atoms with Crippen molar-refractivity contribution in [3.63, 3.8) is 0 Å². The molecule has 0 radical (unpaired) electrons. The van der Waals surface area contributed by atoms with E-state index < -0.39 is 0 Å². The van der Waals surface area contributed by atoms with E-state index >= 15 is 0 Å². The molecule has 0 aromatic heterocycles. The van der Waals surface area contributed by atoms with Gasteiger partial charge < -0.3 is 4.79 Å². The molecule has 0 aliphatic heterocycles. The van der Waals surface area contributed by atoms with Gasteiger partial charge >= 0.3 is 0 Å². The maximum Gasteiger partial charge on any atom is 0.120 e. The van der Waals surface area contributed by atoms with Crippen molar-refractivity contribution in [1.29, 1.82) is 0 Å². The second-order valence-electron chi connectivity index (χ2n) is 2.83. The molecule has 0 aliphatic carbocycles. The van der Waals surface area contributed by atoms with Crippen LogP contribution >= 0.6 is 0 Å². The highest BCUT2D eigenvalue weighted by molar-refractivity contribution is 5.50. The zero-order chi connectivity index (χ0) is 8.81. The Hall–Kier alpha value is -1.11. The quantitative estimate of drug-likeness (QED) is 0.621. The van der Waals surface area contributed by atoms with Crippen molar-refractivity contribution in [2.75, 3.05) is 0 Å². The van der Waals surface area contributed by atoms with Crippen LogP contribution in [0.15, 0.2) is 24.3 Å². The second-order valence-corrected chi connectivity index (χ2v) is 2.83. The lowest BCUT2D eigenvalue weighted by Crippen LogP contribution is -1.92. The number of aldehydes is 1. The molecule has 12 heavy (non-hydrogen) atoms. The topological polar surface area (TPSA) is 17.1 Å². The molecule has 0 bridgehead atoms. The van der Waals surface area contributed by atoms with E-state index in [9.17, 15) is 4.79 Å². The molecule has 0 heterocycles. The summed E-state index contributed by atoms with van der Waals surface area (Å²) in [7, 11) is 0. The first kappa shape index (κ1) is 8.98. The van der Waals surface area contributed by atoms with Crippen LogP contribution in [0.4, 0.5) is 0 Å². The monoisotopic (exact) mass is 162 g/mol. The van der Waals surface area contributed by atoms with Gasteiger partial charge in [0, 0.05) is 6.42 Å². The number of carbonyl (C=O) groups is 1. The van der Waals surface area contributed by atoms with E-state index in [0.717, 1.165) is 19.1 Å². The van der Waals surface area contributed by atoms with E-state index in [1.165, 1.54) is 11.1 Å². The third kappa shape index (κ3) is 2.19. The van der Waals surface area contributed by atoms with Crippen LogP contribution in [-0.2, 0) is 17.6 Å². The molecule has 1 nitrogen and oxygen atoms in total. The minimum absolute atomic E-state index is 0.636. The summed E-state index contributed by atoms with van der Waals surface area (Å²) in [5.74, 6) is 0. The highest BCUT2D eigenvalue weighted by Crippen LogP contribution is 2.10. The molecule has 1 rings (SSSR count). The number of rotatable bonds is 4. The van der Waals surface area contributed by atoms with Gasteiger partial charge in [0.2, 0.25) is 0 Å². The van der Waals surface area contributed by atoms with Crippen molar-refractivity contribution < 1.29 is 4.79 Å². The Morgan fingerprint density at radius 1 is 1.25 bits per heavy atom. The fourth-order valence-corrected chi connectivity index (χ4v) is 1.36. The molecular formula is C11H14O. The van der Waals surface area contributed by atoms with Gasteiger partial charge in [-0.1, -0.05) is 31.2 Å². The summed E-state index contributed by atoms with van der Waals surface area (Å²) in [6.07, 6.45) is 3.55. The normalized spacial score (nSPS) is 9.75. The standard InChI is InChI=1S/C11H14O/c1-2-10-6-3-4-7-11(10)8-5-9-12/h3-4,6-7,9H,2,5,8H2,1H3. The Kier molecular flexibility index (Phi) is 3.52. The largest absolute Gasteiger partial charge is 0.303 e. The fourth-order valence-electron chi connectivity index (χ4n) is 1.36. The lowest BCUT2D eigenvalue weighted by Gasteiger charge is -2.04. The summed E-state index contributed by atoms with van der Waals surface area (Å²) in [6, 6.07) is 8.30. The smallest absolute Gasteiger partial charge is 0.120 e. The Morgan fingerprint density at radius 2 is 1.92 bits per heavy atom. The van der Waals surface area contributed by atoms with Gasteiger partial charge in [-0.3, -0.25) is 0 Å². The van der Waals surface area contributed by atoms with Crippen molar-refractivity contribution in [3.05, 3.63) is 35.4 Å². The van der Waals surface area contributed by atoms with Crippen LogP contribution in [0.3, 0.4) is 0 Å². The zero-order valence-corrected chi connectivity index (χ0v) is 7.42. The first-order valence-electron chi connectivity index (χ1n) is 4.39. The first-order chi connectivity index (χ1) is 5.88. The molecule has 1 aromatic rings. The summed E-state index contributed by atoms with van der Waals surface area (Å²) in [5.41, 5.74) is 2.67. The SMILES string of the molecule is CCc1ccccc1CCC=O. The summed E-state index contributed by atoms with van der Waals surface area (Å²) < 4.78 is 0. The summed E-state index contributed by atoms with van der Waals surface area (Å²) in [4.78, 5) is 10.2. The minimum Gasteiger partial charge on any atom is -0.303 e. The van der Waals surface area contributed by atoms with Crippen LogP contribution in [0.1, 0.15) is 24.5 Å². The Bertz CT molecular complexity index is 253. The van der Waals surface area contributed by atoms with Crippen LogP contribution in [0.5, 0.6) is 0 Å². The Morgan fingerprint density at radius 3 is 2.50 bits per heavy atom. The van der Waals surface area contributed by atoms with Crippen LogP contribution in [-0.4, -0.2) is 6.29 Å². The molecular weight excluding hydrogens is 148 g/mol. The first-order valence-corrected chi connectivity index (χ1v) is 4.39.